The Hall–Kier alpha value is -0.900. The lowest BCUT2D eigenvalue weighted by atomic mass is 10.4. The Morgan fingerprint density at radius 3 is 2.67 bits per heavy atom. The summed E-state index contributed by atoms with van der Waals surface area (Å²) in [6, 6.07) is 0. The van der Waals surface area contributed by atoms with Gasteiger partial charge in [-0.2, -0.15) is 0 Å². The molecule has 0 N–H and O–H groups in total. The van der Waals surface area contributed by atoms with Gasteiger partial charge < -0.3 is 4.74 Å². The molecular formula is C8H12O. The lowest BCUT2D eigenvalue weighted by molar-refractivity contribution is 0.146. The third-order valence-electron chi connectivity index (χ3n) is 0.702. The summed E-state index contributed by atoms with van der Waals surface area (Å²) in [5.74, 6) is 3.12. The maximum Gasteiger partial charge on any atom is 0.101 e. The fourth-order valence-electron chi connectivity index (χ4n) is 0.489. The minimum absolute atomic E-state index is 0.186. The van der Waals surface area contributed by atoms with Crippen LogP contribution in [0.2, 0.25) is 0 Å². The van der Waals surface area contributed by atoms with Crippen LogP contribution in [0.1, 0.15) is 20.3 Å². The van der Waals surface area contributed by atoms with E-state index < -0.39 is 0 Å². The van der Waals surface area contributed by atoms with Crippen molar-refractivity contribution in [1.29, 1.82) is 0 Å². The van der Waals surface area contributed by atoms with E-state index in [2.05, 4.69) is 12.5 Å². The molecule has 1 heteroatoms. The normalized spacial score (nSPS) is 8.67. The molecular weight excluding hydrogens is 112 g/mol. The number of ether oxygens (including phenoxy) is 1. The zero-order chi connectivity index (χ0) is 7.28. The Balaban J connectivity index is 3.42. The first kappa shape index (κ1) is 8.10. The molecule has 0 heterocycles. The van der Waals surface area contributed by atoms with Crippen LogP contribution in [-0.4, -0.2) is 6.10 Å². The van der Waals surface area contributed by atoms with E-state index in [0.29, 0.717) is 12.2 Å². The van der Waals surface area contributed by atoms with Gasteiger partial charge in [0.15, 0.2) is 0 Å². The molecule has 0 aliphatic carbocycles. The Morgan fingerprint density at radius 2 is 2.33 bits per heavy atom. The van der Waals surface area contributed by atoms with Gasteiger partial charge in [-0.05, 0) is 13.8 Å². The summed E-state index contributed by atoms with van der Waals surface area (Å²) in [6.45, 7) is 7.51. The average molecular weight is 124 g/mol. The largest absolute Gasteiger partial charge is 0.495 e. The molecule has 0 saturated heterocycles. The van der Waals surface area contributed by atoms with Gasteiger partial charge in [-0.25, -0.2) is 0 Å². The van der Waals surface area contributed by atoms with E-state index in [0.717, 1.165) is 0 Å². The zero-order valence-corrected chi connectivity index (χ0v) is 5.98. The van der Waals surface area contributed by atoms with Crippen molar-refractivity contribution in [2.24, 2.45) is 0 Å². The molecule has 1 nitrogen and oxygen atoms in total. The third-order valence-corrected chi connectivity index (χ3v) is 0.702. The van der Waals surface area contributed by atoms with Crippen molar-refractivity contribution in [2.45, 2.75) is 26.4 Å². The summed E-state index contributed by atoms with van der Waals surface area (Å²) >= 11 is 0. The second kappa shape index (κ2) is 4.03. The van der Waals surface area contributed by atoms with Gasteiger partial charge in [-0.3, -0.25) is 0 Å². The number of allylic oxidation sites excluding steroid dienone is 1. The molecule has 0 atom stereocenters. The minimum Gasteiger partial charge on any atom is -0.495 e. The second-order valence-corrected chi connectivity index (χ2v) is 2.09. The van der Waals surface area contributed by atoms with Crippen LogP contribution < -0.4 is 0 Å². The van der Waals surface area contributed by atoms with Crippen LogP contribution in [-0.2, 0) is 4.74 Å². The number of hydrogen-bond donors (Lipinski definition) is 0. The Morgan fingerprint density at radius 1 is 1.78 bits per heavy atom. The molecule has 0 fully saturated rings. The second-order valence-electron chi connectivity index (χ2n) is 2.09. The van der Waals surface area contributed by atoms with Crippen LogP contribution in [0, 0.1) is 12.3 Å². The number of terminal acetylenes is 1. The van der Waals surface area contributed by atoms with Gasteiger partial charge >= 0.3 is 0 Å². The van der Waals surface area contributed by atoms with E-state index in [4.69, 9.17) is 11.2 Å². The first-order valence-electron chi connectivity index (χ1n) is 2.94. The SMILES string of the molecule is C#CCC(=C)OC(C)C. The smallest absolute Gasteiger partial charge is 0.101 e. The van der Waals surface area contributed by atoms with Crippen molar-refractivity contribution in [3.63, 3.8) is 0 Å². The van der Waals surface area contributed by atoms with Crippen molar-refractivity contribution >= 4 is 0 Å². The molecule has 0 saturated carbocycles. The molecule has 9 heavy (non-hydrogen) atoms. The van der Waals surface area contributed by atoms with Gasteiger partial charge in [0, 0.05) is 0 Å². The quantitative estimate of drug-likeness (QED) is 0.412. The molecule has 0 aromatic carbocycles. The van der Waals surface area contributed by atoms with Crippen LogP contribution in [0.4, 0.5) is 0 Å². The maximum absolute atomic E-state index is 5.15. The van der Waals surface area contributed by atoms with Crippen molar-refractivity contribution in [3.05, 3.63) is 12.3 Å². The van der Waals surface area contributed by atoms with Gasteiger partial charge in [0.25, 0.3) is 0 Å². The van der Waals surface area contributed by atoms with E-state index >= 15 is 0 Å². The summed E-state index contributed by atoms with van der Waals surface area (Å²) in [5.41, 5.74) is 0. The molecule has 0 aliphatic rings. The van der Waals surface area contributed by atoms with Crippen molar-refractivity contribution < 1.29 is 4.74 Å². The standard InChI is InChI=1S/C8H12O/c1-5-6-8(4)9-7(2)3/h1,7H,4,6H2,2-3H3. The van der Waals surface area contributed by atoms with Gasteiger partial charge in [-0.1, -0.05) is 12.5 Å². The molecule has 50 valence electrons. The maximum atomic E-state index is 5.15. The fourth-order valence-corrected chi connectivity index (χ4v) is 0.489. The molecule has 0 spiro atoms. The Labute approximate surface area is 56.7 Å². The predicted molar refractivity (Wildman–Crippen MR) is 38.8 cm³/mol. The Bertz CT molecular complexity index is 128. The number of hydrogen-bond acceptors (Lipinski definition) is 1. The van der Waals surface area contributed by atoms with Crippen LogP contribution in [0.5, 0.6) is 0 Å². The van der Waals surface area contributed by atoms with Crippen LogP contribution in [0.25, 0.3) is 0 Å². The highest BCUT2D eigenvalue weighted by molar-refractivity contribution is 4.99. The molecule has 0 aromatic rings. The summed E-state index contributed by atoms with van der Waals surface area (Å²) in [7, 11) is 0. The number of rotatable bonds is 3. The fraction of sp³-hybridized carbons (Fsp3) is 0.500. The first-order valence-corrected chi connectivity index (χ1v) is 2.94. The lowest BCUT2D eigenvalue weighted by Crippen LogP contribution is -2.00. The van der Waals surface area contributed by atoms with E-state index in [9.17, 15) is 0 Å². The minimum atomic E-state index is 0.186. The van der Waals surface area contributed by atoms with Crippen LogP contribution >= 0.6 is 0 Å². The Kier molecular flexibility index (Phi) is 3.62. The molecule has 0 radical (unpaired) electrons. The van der Waals surface area contributed by atoms with E-state index in [-0.39, 0.29) is 6.10 Å². The molecule has 0 aromatic heterocycles. The first-order chi connectivity index (χ1) is 4.16. The monoisotopic (exact) mass is 124 g/mol. The topological polar surface area (TPSA) is 9.23 Å². The molecule has 0 bridgehead atoms. The van der Waals surface area contributed by atoms with Gasteiger partial charge in [0.2, 0.25) is 0 Å². The zero-order valence-electron chi connectivity index (χ0n) is 5.98. The highest BCUT2D eigenvalue weighted by Crippen LogP contribution is 2.01. The van der Waals surface area contributed by atoms with Crippen molar-refractivity contribution in [1.82, 2.24) is 0 Å². The molecule has 0 amide bonds. The van der Waals surface area contributed by atoms with Gasteiger partial charge in [-0.15, -0.1) is 6.42 Å². The van der Waals surface area contributed by atoms with E-state index in [1.165, 1.54) is 0 Å². The van der Waals surface area contributed by atoms with Gasteiger partial charge in [0.05, 0.1) is 12.5 Å². The summed E-state index contributed by atoms with van der Waals surface area (Å²) in [5, 5.41) is 0. The lowest BCUT2D eigenvalue weighted by Gasteiger charge is -2.08. The summed E-state index contributed by atoms with van der Waals surface area (Å²) < 4.78 is 5.15. The van der Waals surface area contributed by atoms with Crippen LogP contribution in [0.3, 0.4) is 0 Å². The van der Waals surface area contributed by atoms with Gasteiger partial charge in [0.1, 0.15) is 5.76 Å². The van der Waals surface area contributed by atoms with E-state index in [1.54, 1.807) is 0 Å². The molecule has 0 rings (SSSR count). The summed E-state index contributed by atoms with van der Waals surface area (Å²) in [6.07, 6.45) is 5.71. The highest BCUT2D eigenvalue weighted by Gasteiger charge is 1.94. The summed E-state index contributed by atoms with van der Waals surface area (Å²) in [4.78, 5) is 0. The van der Waals surface area contributed by atoms with Crippen LogP contribution in [0.15, 0.2) is 12.3 Å². The average Bonchev–Trinajstić information content (AvgIpc) is 1.63. The van der Waals surface area contributed by atoms with E-state index in [1.807, 2.05) is 13.8 Å². The van der Waals surface area contributed by atoms with Crippen molar-refractivity contribution in [3.8, 4) is 12.3 Å². The molecule has 0 unspecified atom stereocenters. The third kappa shape index (κ3) is 4.96. The highest BCUT2D eigenvalue weighted by atomic mass is 16.5. The van der Waals surface area contributed by atoms with Crippen molar-refractivity contribution in [2.75, 3.05) is 0 Å². The predicted octanol–water partition coefficient (Wildman–Crippen LogP) is 1.95. The molecule has 0 aliphatic heterocycles.